The zero-order chi connectivity index (χ0) is 29.1. The summed E-state index contributed by atoms with van der Waals surface area (Å²) in [7, 11) is 0. The van der Waals surface area contributed by atoms with Gasteiger partial charge in [-0.15, -0.1) is 0 Å². The SMILES string of the molecule is N#Cc1ccc(NC(=O)N2CCC3(CC2)C(=O)N(CC(=O)NCc2ccc4c(c2)OCO4)CN3c2ccccc2)cc1. The van der Waals surface area contributed by atoms with Crippen molar-refractivity contribution >= 4 is 29.2 Å². The summed E-state index contributed by atoms with van der Waals surface area (Å²) >= 11 is 0. The number of carbonyl (C=O) groups excluding carboxylic acids is 3. The van der Waals surface area contributed by atoms with Crippen LogP contribution in [0.5, 0.6) is 11.5 Å². The number of carbonyl (C=O) groups is 3. The Kier molecular flexibility index (Phi) is 7.27. The molecule has 2 N–H and O–H groups in total. The summed E-state index contributed by atoms with van der Waals surface area (Å²) in [6.07, 6.45) is 0.855. The van der Waals surface area contributed by atoms with Crippen molar-refractivity contribution in [2.24, 2.45) is 0 Å². The third-order valence-electron chi connectivity index (χ3n) is 7.99. The van der Waals surface area contributed by atoms with Gasteiger partial charge in [-0.1, -0.05) is 24.3 Å². The Morgan fingerprint density at radius 1 is 0.952 bits per heavy atom. The van der Waals surface area contributed by atoms with E-state index in [9.17, 15) is 14.4 Å². The predicted molar refractivity (Wildman–Crippen MR) is 154 cm³/mol. The molecule has 0 saturated carbocycles. The van der Waals surface area contributed by atoms with Crippen molar-refractivity contribution in [2.75, 3.05) is 43.3 Å². The molecular weight excluding hydrogens is 536 g/mol. The maximum Gasteiger partial charge on any atom is 0.321 e. The highest BCUT2D eigenvalue weighted by molar-refractivity contribution is 5.97. The van der Waals surface area contributed by atoms with E-state index in [-0.39, 0.29) is 37.9 Å². The van der Waals surface area contributed by atoms with E-state index >= 15 is 0 Å². The van der Waals surface area contributed by atoms with Crippen LogP contribution in [0.2, 0.25) is 0 Å². The first-order chi connectivity index (χ1) is 20.4. The van der Waals surface area contributed by atoms with E-state index in [0.717, 1.165) is 11.3 Å². The molecule has 0 radical (unpaired) electrons. The van der Waals surface area contributed by atoms with Gasteiger partial charge in [0.2, 0.25) is 12.7 Å². The molecule has 42 heavy (non-hydrogen) atoms. The summed E-state index contributed by atoms with van der Waals surface area (Å²) in [5.41, 5.74) is 2.02. The summed E-state index contributed by atoms with van der Waals surface area (Å²) in [6.45, 7) is 1.44. The molecule has 0 unspecified atom stereocenters. The van der Waals surface area contributed by atoms with Gasteiger partial charge in [0, 0.05) is 31.0 Å². The number of piperidine rings is 1. The van der Waals surface area contributed by atoms with Crippen LogP contribution >= 0.6 is 0 Å². The van der Waals surface area contributed by atoms with E-state index in [1.165, 1.54) is 0 Å². The van der Waals surface area contributed by atoms with E-state index in [4.69, 9.17) is 14.7 Å². The highest BCUT2D eigenvalue weighted by Crippen LogP contribution is 2.39. The predicted octanol–water partition coefficient (Wildman–Crippen LogP) is 3.28. The molecule has 0 aliphatic carbocycles. The van der Waals surface area contributed by atoms with Gasteiger partial charge in [0.15, 0.2) is 11.5 Å². The zero-order valence-electron chi connectivity index (χ0n) is 22.9. The molecule has 3 aliphatic rings. The van der Waals surface area contributed by atoms with E-state index in [1.54, 1.807) is 34.1 Å². The largest absolute Gasteiger partial charge is 0.454 e. The zero-order valence-corrected chi connectivity index (χ0v) is 22.9. The molecule has 4 amide bonds. The second-order valence-electron chi connectivity index (χ2n) is 10.5. The van der Waals surface area contributed by atoms with Crippen molar-refractivity contribution in [1.82, 2.24) is 15.1 Å². The first-order valence-electron chi connectivity index (χ1n) is 13.8. The Bertz CT molecular complexity index is 1530. The second-order valence-corrected chi connectivity index (χ2v) is 10.5. The van der Waals surface area contributed by atoms with Crippen molar-refractivity contribution in [2.45, 2.75) is 24.9 Å². The lowest BCUT2D eigenvalue weighted by atomic mass is 9.85. The Morgan fingerprint density at radius 3 is 2.43 bits per heavy atom. The first-order valence-corrected chi connectivity index (χ1v) is 13.8. The molecule has 3 aliphatic heterocycles. The maximum atomic E-state index is 14.0. The van der Waals surface area contributed by atoms with Crippen LogP contribution in [0.4, 0.5) is 16.2 Å². The third kappa shape index (κ3) is 5.26. The number of benzene rings is 3. The van der Waals surface area contributed by atoms with E-state index in [0.29, 0.717) is 55.2 Å². The quantitative estimate of drug-likeness (QED) is 0.469. The van der Waals surface area contributed by atoms with Gasteiger partial charge in [-0.25, -0.2) is 4.79 Å². The van der Waals surface area contributed by atoms with Crippen LogP contribution in [-0.2, 0) is 16.1 Å². The summed E-state index contributed by atoms with van der Waals surface area (Å²) in [5.74, 6) is 0.952. The third-order valence-corrected chi connectivity index (χ3v) is 7.99. The van der Waals surface area contributed by atoms with Crippen molar-refractivity contribution < 1.29 is 23.9 Å². The average molecular weight is 567 g/mol. The summed E-state index contributed by atoms with van der Waals surface area (Å²) in [6, 6.07) is 23.7. The lowest BCUT2D eigenvalue weighted by Gasteiger charge is -2.43. The smallest absolute Gasteiger partial charge is 0.321 e. The fraction of sp³-hybridized carbons (Fsp3) is 0.290. The standard InChI is InChI=1S/C31H30N6O5/c32-17-22-6-9-24(10-7-22)34-30(40)35-14-12-31(13-15-35)29(39)36(20-37(31)25-4-2-1-3-5-25)19-28(38)33-18-23-8-11-26-27(16-23)42-21-41-26/h1-11,16H,12-15,18-21H2,(H,33,38)(H,34,40). The molecule has 2 saturated heterocycles. The summed E-state index contributed by atoms with van der Waals surface area (Å²) in [5, 5.41) is 14.8. The number of likely N-dealkylation sites (tertiary alicyclic amines) is 1. The molecule has 3 aromatic carbocycles. The minimum Gasteiger partial charge on any atom is -0.454 e. The minimum atomic E-state index is -0.857. The number of nitrogens with zero attached hydrogens (tertiary/aromatic N) is 4. The van der Waals surface area contributed by atoms with Crippen LogP contribution in [0.1, 0.15) is 24.0 Å². The molecule has 2 fully saturated rings. The molecule has 0 atom stereocenters. The topological polar surface area (TPSA) is 127 Å². The van der Waals surface area contributed by atoms with Gasteiger partial charge in [-0.3, -0.25) is 9.59 Å². The lowest BCUT2D eigenvalue weighted by Crippen LogP contribution is -2.58. The number of hydrogen-bond donors (Lipinski definition) is 2. The number of rotatable bonds is 6. The van der Waals surface area contributed by atoms with Gasteiger partial charge in [0.25, 0.3) is 5.91 Å². The van der Waals surface area contributed by atoms with Gasteiger partial charge < -0.3 is 34.8 Å². The monoisotopic (exact) mass is 566 g/mol. The minimum absolute atomic E-state index is 0.0721. The van der Waals surface area contributed by atoms with Gasteiger partial charge in [0.05, 0.1) is 18.3 Å². The number of fused-ring (bicyclic) bond motifs is 1. The maximum absolute atomic E-state index is 14.0. The van der Waals surface area contributed by atoms with Crippen molar-refractivity contribution in [3.63, 3.8) is 0 Å². The fourth-order valence-electron chi connectivity index (χ4n) is 5.71. The molecule has 6 rings (SSSR count). The number of hydrogen-bond acceptors (Lipinski definition) is 7. The number of urea groups is 1. The number of nitriles is 1. The van der Waals surface area contributed by atoms with Gasteiger partial charge >= 0.3 is 6.03 Å². The fourth-order valence-corrected chi connectivity index (χ4v) is 5.71. The number of amides is 4. The Balaban J connectivity index is 1.11. The van der Waals surface area contributed by atoms with Crippen LogP contribution in [0.15, 0.2) is 72.8 Å². The van der Waals surface area contributed by atoms with Crippen molar-refractivity contribution in [1.29, 1.82) is 5.26 Å². The molecule has 0 aromatic heterocycles. The lowest BCUT2D eigenvalue weighted by molar-refractivity contribution is -0.137. The average Bonchev–Trinajstić information content (AvgIpc) is 3.60. The Hall–Kier alpha value is -5.24. The van der Waals surface area contributed by atoms with Crippen LogP contribution < -0.4 is 25.0 Å². The normalized spacial score (nSPS) is 16.8. The molecule has 1 spiro atoms. The number of anilines is 2. The molecule has 3 heterocycles. The Labute approximate surface area is 243 Å². The van der Waals surface area contributed by atoms with Crippen molar-refractivity contribution in [3.05, 3.63) is 83.9 Å². The van der Waals surface area contributed by atoms with E-state index in [1.807, 2.05) is 48.5 Å². The molecule has 0 bridgehead atoms. The second kappa shape index (κ2) is 11.3. The van der Waals surface area contributed by atoms with E-state index < -0.39 is 5.54 Å². The summed E-state index contributed by atoms with van der Waals surface area (Å²) in [4.78, 5) is 45.3. The first kappa shape index (κ1) is 27.0. The highest BCUT2D eigenvalue weighted by atomic mass is 16.7. The molecule has 11 nitrogen and oxygen atoms in total. The van der Waals surface area contributed by atoms with Gasteiger partial charge in [-0.2, -0.15) is 5.26 Å². The number of ether oxygens (including phenoxy) is 2. The van der Waals surface area contributed by atoms with Gasteiger partial charge in [0.1, 0.15) is 12.1 Å². The van der Waals surface area contributed by atoms with Gasteiger partial charge in [-0.05, 0) is 66.9 Å². The number of nitrogens with one attached hydrogen (secondary N) is 2. The molecule has 11 heteroatoms. The Morgan fingerprint density at radius 2 is 1.69 bits per heavy atom. The van der Waals surface area contributed by atoms with E-state index in [2.05, 4.69) is 21.6 Å². The van der Waals surface area contributed by atoms with Crippen LogP contribution in [0, 0.1) is 11.3 Å². The summed E-state index contributed by atoms with van der Waals surface area (Å²) < 4.78 is 10.8. The van der Waals surface area contributed by atoms with Crippen LogP contribution in [0.3, 0.4) is 0 Å². The molecular formula is C31H30N6O5. The number of para-hydroxylation sites is 1. The van der Waals surface area contributed by atoms with Crippen LogP contribution in [0.25, 0.3) is 0 Å². The molecule has 214 valence electrons. The van der Waals surface area contributed by atoms with Crippen molar-refractivity contribution in [3.8, 4) is 17.6 Å². The highest BCUT2D eigenvalue weighted by Gasteiger charge is 2.54. The molecule has 3 aromatic rings. The van der Waals surface area contributed by atoms with Crippen LogP contribution in [-0.4, -0.2) is 66.3 Å².